The topological polar surface area (TPSA) is 30.5 Å². The summed E-state index contributed by atoms with van der Waals surface area (Å²) in [4.78, 5) is 0. The van der Waals surface area contributed by atoms with E-state index in [1.807, 2.05) is 42.5 Å². The van der Waals surface area contributed by atoms with Crippen LogP contribution in [0.15, 0.2) is 48.5 Å². The normalized spacial score (nSPS) is 10.4. The Morgan fingerprint density at radius 2 is 1.62 bits per heavy atom. The first kappa shape index (κ1) is 22.8. The zero-order valence-electron chi connectivity index (χ0n) is 15.4. The largest absolute Gasteiger partial charge is 0.489 e. The molecule has 0 fully saturated rings. The molecule has 0 bridgehead atoms. The van der Waals surface area contributed by atoms with Crippen LogP contribution >= 0.6 is 24.0 Å². The Labute approximate surface area is 168 Å². The van der Waals surface area contributed by atoms with E-state index in [0.29, 0.717) is 6.61 Å². The molecule has 0 radical (unpaired) electrons. The summed E-state index contributed by atoms with van der Waals surface area (Å²) in [6.45, 7) is 6.06. The lowest BCUT2D eigenvalue weighted by Crippen LogP contribution is -2.17. The van der Waals surface area contributed by atoms with Crippen molar-refractivity contribution in [1.82, 2.24) is 5.32 Å². The fourth-order valence-corrected chi connectivity index (χ4v) is 2.62. The number of rotatable bonds is 12. The smallest absolute Gasteiger partial charge is 0.124 e. The second-order valence-corrected chi connectivity index (χ2v) is 6.39. The highest BCUT2D eigenvalue weighted by Crippen LogP contribution is 2.21. The summed E-state index contributed by atoms with van der Waals surface area (Å²) in [5, 5.41) is 4.19. The van der Waals surface area contributed by atoms with Crippen molar-refractivity contribution in [2.24, 2.45) is 0 Å². The van der Waals surface area contributed by atoms with Gasteiger partial charge in [0.25, 0.3) is 0 Å². The summed E-state index contributed by atoms with van der Waals surface area (Å²) in [5.41, 5.74) is 2.15. The maximum atomic E-state index is 6.19. The van der Waals surface area contributed by atoms with Gasteiger partial charge in [0.2, 0.25) is 0 Å². The van der Waals surface area contributed by atoms with Crippen molar-refractivity contribution in [2.45, 2.75) is 39.3 Å². The lowest BCUT2D eigenvalue weighted by molar-refractivity contribution is 0.128. The molecule has 0 amide bonds. The van der Waals surface area contributed by atoms with Crippen LogP contribution in [0.3, 0.4) is 0 Å². The molecular weight excluding hydrogens is 369 g/mol. The molecule has 0 aromatic heterocycles. The Hall–Kier alpha value is -1.26. The molecule has 0 unspecified atom stereocenters. The van der Waals surface area contributed by atoms with Gasteiger partial charge in [-0.3, -0.25) is 0 Å². The SMILES string of the molecule is CCCCOCCCNCc1ccccc1OCc1ccccc1Cl.Cl. The molecule has 0 heterocycles. The van der Waals surface area contributed by atoms with Crippen molar-refractivity contribution in [1.29, 1.82) is 0 Å². The van der Waals surface area contributed by atoms with E-state index in [0.717, 1.165) is 61.0 Å². The molecule has 0 saturated heterocycles. The van der Waals surface area contributed by atoms with Crippen LogP contribution in [0.4, 0.5) is 0 Å². The van der Waals surface area contributed by atoms with Gasteiger partial charge in [-0.2, -0.15) is 0 Å². The molecule has 26 heavy (non-hydrogen) atoms. The number of ether oxygens (including phenoxy) is 2. The maximum absolute atomic E-state index is 6.19. The molecule has 0 spiro atoms. The van der Waals surface area contributed by atoms with Crippen molar-refractivity contribution < 1.29 is 9.47 Å². The molecule has 5 heteroatoms. The number of halogens is 2. The quantitative estimate of drug-likeness (QED) is 0.470. The van der Waals surface area contributed by atoms with E-state index in [9.17, 15) is 0 Å². The predicted molar refractivity (Wildman–Crippen MR) is 112 cm³/mol. The lowest BCUT2D eigenvalue weighted by atomic mass is 10.2. The summed E-state index contributed by atoms with van der Waals surface area (Å²) in [7, 11) is 0. The predicted octanol–water partition coefficient (Wildman–Crippen LogP) is 5.64. The zero-order valence-corrected chi connectivity index (χ0v) is 17.0. The highest BCUT2D eigenvalue weighted by molar-refractivity contribution is 6.31. The van der Waals surface area contributed by atoms with Crippen LogP contribution in [0.2, 0.25) is 5.02 Å². The molecule has 0 aliphatic rings. The highest BCUT2D eigenvalue weighted by atomic mass is 35.5. The van der Waals surface area contributed by atoms with Gasteiger partial charge in [-0.25, -0.2) is 0 Å². The van der Waals surface area contributed by atoms with Crippen molar-refractivity contribution in [2.75, 3.05) is 19.8 Å². The van der Waals surface area contributed by atoms with Crippen molar-refractivity contribution in [3.8, 4) is 5.75 Å². The third-order valence-electron chi connectivity index (χ3n) is 3.91. The first-order valence-corrected chi connectivity index (χ1v) is 9.41. The average Bonchev–Trinajstić information content (AvgIpc) is 2.64. The molecule has 0 aliphatic carbocycles. The monoisotopic (exact) mass is 397 g/mol. The van der Waals surface area contributed by atoms with Gasteiger partial charge in [-0.05, 0) is 31.5 Å². The van der Waals surface area contributed by atoms with Gasteiger partial charge in [0.05, 0.1) is 0 Å². The molecule has 2 rings (SSSR count). The minimum Gasteiger partial charge on any atom is -0.489 e. The Morgan fingerprint density at radius 3 is 2.38 bits per heavy atom. The Kier molecular flexibility index (Phi) is 12.2. The van der Waals surface area contributed by atoms with Crippen LogP contribution in [0.5, 0.6) is 5.75 Å². The van der Waals surface area contributed by atoms with E-state index in [4.69, 9.17) is 21.1 Å². The minimum absolute atomic E-state index is 0. The molecule has 2 aromatic carbocycles. The molecule has 3 nitrogen and oxygen atoms in total. The first-order valence-electron chi connectivity index (χ1n) is 9.04. The van der Waals surface area contributed by atoms with Crippen LogP contribution in [0.25, 0.3) is 0 Å². The Balaban J connectivity index is 0.00000338. The third-order valence-corrected chi connectivity index (χ3v) is 4.28. The van der Waals surface area contributed by atoms with Gasteiger partial charge in [-0.15, -0.1) is 12.4 Å². The van der Waals surface area contributed by atoms with Gasteiger partial charge < -0.3 is 14.8 Å². The van der Waals surface area contributed by atoms with Crippen LogP contribution in [-0.4, -0.2) is 19.8 Å². The van der Waals surface area contributed by atoms with Gasteiger partial charge in [0.15, 0.2) is 0 Å². The van der Waals surface area contributed by atoms with Crippen LogP contribution < -0.4 is 10.1 Å². The molecule has 0 atom stereocenters. The van der Waals surface area contributed by atoms with E-state index >= 15 is 0 Å². The van der Waals surface area contributed by atoms with E-state index < -0.39 is 0 Å². The van der Waals surface area contributed by atoms with Gasteiger partial charge in [0, 0.05) is 35.9 Å². The Morgan fingerprint density at radius 1 is 0.923 bits per heavy atom. The zero-order chi connectivity index (χ0) is 17.7. The highest BCUT2D eigenvalue weighted by Gasteiger charge is 2.05. The second-order valence-electron chi connectivity index (χ2n) is 5.98. The summed E-state index contributed by atoms with van der Waals surface area (Å²) in [6, 6.07) is 15.9. The van der Waals surface area contributed by atoms with E-state index in [-0.39, 0.29) is 12.4 Å². The molecule has 144 valence electrons. The number of hydrogen-bond acceptors (Lipinski definition) is 3. The minimum atomic E-state index is 0. The van der Waals surface area contributed by atoms with Crippen molar-refractivity contribution >= 4 is 24.0 Å². The van der Waals surface area contributed by atoms with Crippen LogP contribution in [0.1, 0.15) is 37.3 Å². The molecule has 0 aliphatic heterocycles. The van der Waals surface area contributed by atoms with Gasteiger partial charge in [-0.1, -0.05) is 61.3 Å². The fourth-order valence-electron chi connectivity index (χ4n) is 2.43. The molecule has 2 aromatic rings. The fraction of sp³-hybridized carbons (Fsp3) is 0.429. The third kappa shape index (κ3) is 8.41. The molecule has 1 N–H and O–H groups in total. The van der Waals surface area contributed by atoms with Gasteiger partial charge >= 0.3 is 0 Å². The summed E-state index contributed by atoms with van der Waals surface area (Å²) < 4.78 is 11.5. The van der Waals surface area contributed by atoms with Crippen LogP contribution in [0, 0.1) is 0 Å². The lowest BCUT2D eigenvalue weighted by Gasteiger charge is -2.13. The van der Waals surface area contributed by atoms with Crippen LogP contribution in [-0.2, 0) is 17.9 Å². The van der Waals surface area contributed by atoms with Gasteiger partial charge in [0.1, 0.15) is 12.4 Å². The molecule has 0 saturated carbocycles. The number of unbranched alkanes of at least 4 members (excludes halogenated alkanes) is 1. The van der Waals surface area contributed by atoms with E-state index in [2.05, 4.69) is 18.3 Å². The average molecular weight is 398 g/mol. The van der Waals surface area contributed by atoms with E-state index in [1.54, 1.807) is 0 Å². The maximum Gasteiger partial charge on any atom is 0.124 e. The van der Waals surface area contributed by atoms with E-state index in [1.165, 1.54) is 6.42 Å². The standard InChI is InChI=1S/C21H28ClNO2.ClH/c1-2-3-14-24-15-8-13-23-16-18-9-5-7-12-21(18)25-17-19-10-4-6-11-20(19)22;/h4-7,9-12,23H,2-3,8,13-17H2,1H3;1H. The summed E-state index contributed by atoms with van der Waals surface area (Å²) >= 11 is 6.19. The second kappa shape index (κ2) is 13.9. The molecular formula is C21H29Cl2NO2. The Bertz CT molecular complexity index is 622. The number of nitrogens with one attached hydrogen (secondary N) is 1. The number of para-hydroxylation sites is 1. The number of benzene rings is 2. The summed E-state index contributed by atoms with van der Waals surface area (Å²) in [5.74, 6) is 0.897. The summed E-state index contributed by atoms with van der Waals surface area (Å²) in [6.07, 6.45) is 3.35. The van der Waals surface area contributed by atoms with Crippen molar-refractivity contribution in [3.63, 3.8) is 0 Å². The number of hydrogen-bond donors (Lipinski definition) is 1. The van der Waals surface area contributed by atoms with Crippen molar-refractivity contribution in [3.05, 3.63) is 64.7 Å². The first-order chi connectivity index (χ1) is 12.3.